The van der Waals surface area contributed by atoms with E-state index in [1.165, 1.54) is 12.1 Å². The molecule has 0 atom stereocenters. The van der Waals surface area contributed by atoms with Gasteiger partial charge in [-0.25, -0.2) is 23.6 Å². The van der Waals surface area contributed by atoms with Gasteiger partial charge in [0.15, 0.2) is 11.3 Å². The van der Waals surface area contributed by atoms with Crippen molar-refractivity contribution in [2.24, 2.45) is 0 Å². The molecule has 190 valence electrons. The zero-order valence-corrected chi connectivity index (χ0v) is 20.8. The summed E-state index contributed by atoms with van der Waals surface area (Å²) in [6.07, 6.45) is 4.21. The van der Waals surface area contributed by atoms with Crippen LogP contribution in [-0.2, 0) is 4.74 Å². The largest absolute Gasteiger partial charge is 0.477 e. The summed E-state index contributed by atoms with van der Waals surface area (Å²) in [5.41, 5.74) is 2.34. The van der Waals surface area contributed by atoms with E-state index in [0.717, 1.165) is 35.9 Å². The number of benzene rings is 1. The lowest BCUT2D eigenvalue weighted by Crippen LogP contribution is -2.41. The molecule has 2 fully saturated rings. The Morgan fingerprint density at radius 2 is 1.72 bits per heavy atom. The van der Waals surface area contributed by atoms with Gasteiger partial charge in [0.05, 0.1) is 11.4 Å². The van der Waals surface area contributed by atoms with Crippen LogP contribution in [0.2, 0.25) is 0 Å². The topological polar surface area (TPSA) is 97.6 Å². The number of piperidine rings is 1. The lowest BCUT2D eigenvalue weighted by molar-refractivity contribution is 0.0205. The average Bonchev–Trinajstić information content (AvgIpc) is 3.16. The predicted molar refractivity (Wildman–Crippen MR) is 132 cm³/mol. The summed E-state index contributed by atoms with van der Waals surface area (Å²) in [6, 6.07) is 7.65. The second-order valence-electron chi connectivity index (χ2n) is 10.7. The van der Waals surface area contributed by atoms with Crippen LogP contribution in [0.25, 0.3) is 16.7 Å². The van der Waals surface area contributed by atoms with E-state index in [-0.39, 0.29) is 29.4 Å². The summed E-state index contributed by atoms with van der Waals surface area (Å²) in [5, 5.41) is 15.6. The maximum atomic E-state index is 13.6. The van der Waals surface area contributed by atoms with Gasteiger partial charge in [-0.15, -0.1) is 0 Å². The van der Waals surface area contributed by atoms with Gasteiger partial charge in [-0.3, -0.25) is 0 Å². The van der Waals surface area contributed by atoms with E-state index >= 15 is 0 Å². The van der Waals surface area contributed by atoms with E-state index in [1.807, 2.05) is 20.8 Å². The molecule has 2 aliphatic rings. The molecule has 5 rings (SSSR count). The number of carboxylic acids is 1. The van der Waals surface area contributed by atoms with Gasteiger partial charge in [0.2, 0.25) is 0 Å². The summed E-state index contributed by atoms with van der Waals surface area (Å²) in [4.78, 5) is 30.8. The number of carbonyl (C=O) groups excluding carboxylic acids is 1. The fourth-order valence-corrected chi connectivity index (χ4v) is 5.03. The number of halogens is 1. The van der Waals surface area contributed by atoms with Crippen molar-refractivity contribution >= 4 is 23.1 Å². The second-order valence-corrected chi connectivity index (χ2v) is 10.7. The van der Waals surface area contributed by atoms with E-state index in [9.17, 15) is 19.1 Å². The molecule has 3 aromatic rings. The fourth-order valence-electron chi connectivity index (χ4n) is 5.03. The monoisotopic (exact) mass is 494 g/mol. The molecule has 2 aromatic heterocycles. The van der Waals surface area contributed by atoms with Crippen molar-refractivity contribution in [3.8, 4) is 5.69 Å². The maximum absolute atomic E-state index is 13.6. The Kier molecular flexibility index (Phi) is 6.18. The van der Waals surface area contributed by atoms with Gasteiger partial charge in [0, 0.05) is 24.4 Å². The fraction of sp³-hybridized carbons (Fsp3) is 0.481. The number of carbonyl (C=O) groups is 2. The van der Waals surface area contributed by atoms with E-state index in [0.29, 0.717) is 37.3 Å². The van der Waals surface area contributed by atoms with Crippen molar-refractivity contribution in [2.75, 3.05) is 13.1 Å². The first kappa shape index (κ1) is 24.2. The number of pyridine rings is 1. The van der Waals surface area contributed by atoms with Gasteiger partial charge in [0.25, 0.3) is 0 Å². The van der Waals surface area contributed by atoms with Crippen molar-refractivity contribution in [1.29, 1.82) is 0 Å². The number of fused-ring (bicyclic) bond motifs is 1. The summed E-state index contributed by atoms with van der Waals surface area (Å²) in [5.74, 6) is -1.13. The first-order chi connectivity index (χ1) is 17.1. The maximum Gasteiger partial charge on any atom is 0.410 e. The third-order valence-corrected chi connectivity index (χ3v) is 7.06. The van der Waals surface area contributed by atoms with Gasteiger partial charge in [-0.05, 0) is 88.3 Å². The highest BCUT2D eigenvalue weighted by molar-refractivity contribution is 5.92. The third-order valence-electron chi connectivity index (χ3n) is 7.06. The normalized spacial score (nSPS) is 17.3. The van der Waals surface area contributed by atoms with Crippen LogP contribution in [0.1, 0.15) is 86.5 Å². The van der Waals surface area contributed by atoms with Gasteiger partial charge < -0.3 is 14.7 Å². The standard InChI is InChI=1S/C27H31FN4O4/c1-27(2,3)36-26(35)31-13-11-16(12-14-31)20-15-21(25(33)34)29-24-22(20)23(17-5-4-6-17)30-32(24)19-9-7-18(28)8-10-19/h7-10,15-17H,4-6,11-14H2,1-3H3,(H,33,34). The molecule has 3 heterocycles. The van der Waals surface area contributed by atoms with Crippen LogP contribution < -0.4 is 0 Å². The number of ether oxygens (including phenoxy) is 1. The molecular formula is C27H31FN4O4. The highest BCUT2D eigenvalue weighted by Crippen LogP contribution is 2.43. The molecule has 8 nitrogen and oxygen atoms in total. The number of hydrogen-bond acceptors (Lipinski definition) is 5. The summed E-state index contributed by atoms with van der Waals surface area (Å²) < 4.78 is 20.8. The van der Waals surface area contributed by atoms with E-state index in [4.69, 9.17) is 9.84 Å². The summed E-state index contributed by atoms with van der Waals surface area (Å²) in [6.45, 7) is 6.59. The Balaban J connectivity index is 1.56. The Morgan fingerprint density at radius 3 is 2.28 bits per heavy atom. The van der Waals surface area contributed by atoms with Gasteiger partial charge >= 0.3 is 12.1 Å². The molecule has 1 aliphatic carbocycles. The smallest absolute Gasteiger partial charge is 0.410 e. The minimum absolute atomic E-state index is 0.0458. The lowest BCUT2D eigenvalue weighted by Gasteiger charge is -2.34. The molecule has 1 amide bonds. The third kappa shape index (κ3) is 4.66. The summed E-state index contributed by atoms with van der Waals surface area (Å²) in [7, 11) is 0. The van der Waals surface area contributed by atoms with Crippen LogP contribution in [0.3, 0.4) is 0 Å². The SMILES string of the molecule is CC(C)(C)OC(=O)N1CCC(c2cc(C(=O)O)nc3c2c(C2CCC2)nn3-c2ccc(F)cc2)CC1. The quantitative estimate of drug-likeness (QED) is 0.504. The first-order valence-corrected chi connectivity index (χ1v) is 12.5. The van der Waals surface area contributed by atoms with Crippen molar-refractivity contribution < 1.29 is 23.8 Å². The zero-order chi connectivity index (χ0) is 25.6. The molecule has 1 saturated heterocycles. The number of aromatic nitrogens is 3. The Labute approximate surface area is 209 Å². The van der Waals surface area contributed by atoms with E-state index in [1.54, 1.807) is 27.8 Å². The molecule has 0 unspecified atom stereocenters. The number of carboxylic acid groups (broad SMARTS) is 1. The average molecular weight is 495 g/mol. The van der Waals surface area contributed by atoms with Crippen LogP contribution in [-0.4, -0.2) is 55.5 Å². The van der Waals surface area contributed by atoms with Crippen LogP contribution in [0.5, 0.6) is 0 Å². The molecule has 1 aromatic carbocycles. The van der Waals surface area contributed by atoms with Crippen LogP contribution in [0, 0.1) is 5.82 Å². The van der Waals surface area contributed by atoms with Crippen LogP contribution >= 0.6 is 0 Å². The number of hydrogen-bond donors (Lipinski definition) is 1. The molecule has 0 spiro atoms. The number of nitrogens with zero attached hydrogens (tertiary/aromatic N) is 4. The van der Waals surface area contributed by atoms with Crippen molar-refractivity contribution in [3.05, 3.63) is 53.1 Å². The molecule has 1 N–H and O–H groups in total. The van der Waals surface area contributed by atoms with E-state index in [2.05, 4.69) is 4.98 Å². The summed E-state index contributed by atoms with van der Waals surface area (Å²) >= 11 is 0. The Bertz CT molecular complexity index is 1300. The molecule has 1 saturated carbocycles. The van der Waals surface area contributed by atoms with E-state index < -0.39 is 11.6 Å². The van der Waals surface area contributed by atoms with Gasteiger partial charge in [0.1, 0.15) is 11.4 Å². The Morgan fingerprint density at radius 1 is 1.06 bits per heavy atom. The molecule has 0 radical (unpaired) electrons. The number of aromatic carboxylic acids is 1. The van der Waals surface area contributed by atoms with Crippen LogP contribution in [0.15, 0.2) is 30.3 Å². The van der Waals surface area contributed by atoms with Crippen LogP contribution in [0.4, 0.5) is 9.18 Å². The number of likely N-dealkylation sites (tertiary alicyclic amines) is 1. The van der Waals surface area contributed by atoms with Crippen molar-refractivity contribution in [1.82, 2.24) is 19.7 Å². The number of rotatable bonds is 4. The first-order valence-electron chi connectivity index (χ1n) is 12.5. The molecular weight excluding hydrogens is 463 g/mol. The highest BCUT2D eigenvalue weighted by Gasteiger charge is 2.33. The lowest BCUT2D eigenvalue weighted by atomic mass is 9.79. The molecule has 1 aliphatic heterocycles. The Hall–Kier alpha value is -3.49. The zero-order valence-electron chi connectivity index (χ0n) is 20.8. The highest BCUT2D eigenvalue weighted by atomic mass is 19.1. The predicted octanol–water partition coefficient (Wildman–Crippen LogP) is 5.64. The molecule has 0 bridgehead atoms. The van der Waals surface area contributed by atoms with Crippen molar-refractivity contribution in [3.63, 3.8) is 0 Å². The minimum atomic E-state index is -1.11. The minimum Gasteiger partial charge on any atom is -0.477 e. The number of amides is 1. The second kappa shape index (κ2) is 9.19. The van der Waals surface area contributed by atoms with Gasteiger partial charge in [-0.1, -0.05) is 6.42 Å². The molecule has 36 heavy (non-hydrogen) atoms. The van der Waals surface area contributed by atoms with Gasteiger partial charge in [-0.2, -0.15) is 5.10 Å². The molecule has 9 heteroatoms. The van der Waals surface area contributed by atoms with Crippen molar-refractivity contribution in [2.45, 2.75) is 70.3 Å².